The molecule has 0 saturated carbocycles. The summed E-state index contributed by atoms with van der Waals surface area (Å²) in [6.45, 7) is 4.42. The number of hydrogen-bond acceptors (Lipinski definition) is 3. The smallest absolute Gasteiger partial charge is 0.220 e. The van der Waals surface area contributed by atoms with Crippen molar-refractivity contribution in [3.05, 3.63) is 0 Å². The molecule has 4 heteroatoms. The number of carbonyl (C=O) groups is 1. The van der Waals surface area contributed by atoms with Gasteiger partial charge in [0.2, 0.25) is 5.91 Å². The van der Waals surface area contributed by atoms with Gasteiger partial charge in [0.1, 0.15) is 0 Å². The van der Waals surface area contributed by atoms with Crippen molar-refractivity contribution in [3.63, 3.8) is 0 Å². The molecular weight excluding hydrogens is 939 g/mol. The second-order valence-corrected chi connectivity index (χ2v) is 25.7. The van der Waals surface area contributed by atoms with Gasteiger partial charge in [0.15, 0.2) is 0 Å². The second-order valence-electron chi connectivity index (χ2n) is 25.7. The maximum absolute atomic E-state index is 12.6. The number of hydrogen-bond donors (Lipinski definition) is 3. The Morgan fingerprint density at radius 1 is 0.260 bits per heavy atom. The van der Waals surface area contributed by atoms with E-state index in [2.05, 4.69) is 19.2 Å². The van der Waals surface area contributed by atoms with Crippen LogP contribution >= 0.6 is 0 Å². The Balaban J connectivity index is 3.33. The van der Waals surface area contributed by atoms with Crippen LogP contribution in [-0.4, -0.2) is 34.9 Å². The minimum atomic E-state index is -0.657. The molecule has 0 saturated heterocycles. The van der Waals surface area contributed by atoms with Crippen LogP contribution < -0.4 is 5.32 Å². The fourth-order valence-corrected chi connectivity index (χ4v) is 12.3. The molecule has 1 amide bonds. The number of unbranched alkanes of at least 4 members (excludes halogenated alkanes) is 63. The number of amides is 1. The van der Waals surface area contributed by atoms with Crippen molar-refractivity contribution >= 4 is 5.91 Å². The van der Waals surface area contributed by atoms with E-state index in [1.807, 2.05) is 0 Å². The summed E-state index contributed by atoms with van der Waals surface area (Å²) < 4.78 is 0. The molecule has 0 aliphatic rings. The van der Waals surface area contributed by atoms with E-state index in [0.29, 0.717) is 12.8 Å². The molecular formula is C73H147NO3. The van der Waals surface area contributed by atoms with Gasteiger partial charge < -0.3 is 15.5 Å². The quantitative estimate of drug-likeness (QED) is 0.0532. The van der Waals surface area contributed by atoms with Crippen molar-refractivity contribution in [3.8, 4) is 0 Å². The highest BCUT2D eigenvalue weighted by Gasteiger charge is 2.20. The predicted octanol–water partition coefficient (Wildman–Crippen LogP) is 25.0. The topological polar surface area (TPSA) is 69.6 Å². The Morgan fingerprint density at radius 3 is 0.584 bits per heavy atom. The zero-order valence-corrected chi connectivity index (χ0v) is 53.5. The standard InChI is InChI=1S/C73H147NO3/c1-3-5-7-9-11-13-15-17-19-21-23-25-27-29-31-32-33-34-35-36-37-38-39-40-41-43-45-47-49-51-53-55-57-59-61-63-65-67-69-73(77)74-71(70-75)72(76)68-66-64-62-60-58-56-54-52-50-48-46-44-42-30-28-26-24-22-20-18-16-14-12-10-8-6-4-2/h71-72,75-76H,3-70H2,1-2H3,(H,74,77). The minimum absolute atomic E-state index is 0.0188. The molecule has 0 fully saturated rings. The van der Waals surface area contributed by atoms with E-state index in [0.717, 1.165) is 25.7 Å². The van der Waals surface area contributed by atoms with Crippen LogP contribution in [0.15, 0.2) is 0 Å². The van der Waals surface area contributed by atoms with Gasteiger partial charge in [-0.15, -0.1) is 0 Å². The van der Waals surface area contributed by atoms with Gasteiger partial charge in [0, 0.05) is 6.42 Å². The molecule has 0 aromatic rings. The number of aliphatic hydroxyl groups excluding tert-OH is 2. The summed E-state index contributed by atoms with van der Waals surface area (Å²) in [5.74, 6) is -0.0188. The molecule has 0 heterocycles. The van der Waals surface area contributed by atoms with Crippen molar-refractivity contribution in [2.24, 2.45) is 0 Å². The van der Waals surface area contributed by atoms with E-state index in [9.17, 15) is 15.0 Å². The first-order chi connectivity index (χ1) is 38.2. The van der Waals surface area contributed by atoms with Crippen molar-refractivity contribution in [1.82, 2.24) is 5.32 Å². The van der Waals surface area contributed by atoms with E-state index in [4.69, 9.17) is 0 Å². The average molecular weight is 1090 g/mol. The van der Waals surface area contributed by atoms with Gasteiger partial charge in [-0.2, -0.15) is 0 Å². The highest BCUT2D eigenvalue weighted by atomic mass is 16.3. The average Bonchev–Trinajstić information content (AvgIpc) is 3.43. The van der Waals surface area contributed by atoms with Gasteiger partial charge in [0.25, 0.3) is 0 Å². The van der Waals surface area contributed by atoms with Crippen molar-refractivity contribution in [2.45, 2.75) is 456 Å². The molecule has 0 radical (unpaired) electrons. The molecule has 0 aliphatic heterocycles. The molecule has 0 aliphatic carbocycles. The Kier molecular flexibility index (Phi) is 69.1. The zero-order valence-electron chi connectivity index (χ0n) is 53.5. The summed E-state index contributed by atoms with van der Waals surface area (Å²) >= 11 is 0. The Hall–Kier alpha value is -0.610. The van der Waals surface area contributed by atoms with E-state index >= 15 is 0 Å². The molecule has 3 N–H and O–H groups in total. The molecule has 0 rings (SSSR count). The summed E-state index contributed by atoms with van der Waals surface area (Å²) in [5, 5.41) is 23.5. The number of rotatable bonds is 70. The van der Waals surface area contributed by atoms with Crippen LogP contribution in [-0.2, 0) is 4.79 Å². The third-order valence-corrected chi connectivity index (χ3v) is 17.9. The second kappa shape index (κ2) is 69.7. The van der Waals surface area contributed by atoms with Crippen LogP contribution in [0.4, 0.5) is 0 Å². The SMILES string of the molecule is CCCCCCCCCCCCCCCCCCCCCCCCCCCCCCCCCCCCCCCCC(=O)NC(CO)C(O)CCCCCCCCCCCCCCCCCCCCCCCCCCCCC. The summed E-state index contributed by atoms with van der Waals surface area (Å²) in [4.78, 5) is 12.6. The molecule has 77 heavy (non-hydrogen) atoms. The maximum Gasteiger partial charge on any atom is 0.220 e. The first-order valence-electron chi connectivity index (χ1n) is 36.7. The maximum atomic E-state index is 12.6. The summed E-state index contributed by atoms with van der Waals surface area (Å²) in [7, 11) is 0. The van der Waals surface area contributed by atoms with Gasteiger partial charge >= 0.3 is 0 Å². The minimum Gasteiger partial charge on any atom is -0.394 e. The molecule has 4 nitrogen and oxygen atoms in total. The summed E-state index contributed by atoms with van der Waals surface area (Å²) in [6.07, 6.45) is 91.9. The molecule has 462 valence electrons. The predicted molar refractivity (Wildman–Crippen MR) is 346 cm³/mol. The normalized spacial score (nSPS) is 12.5. The fraction of sp³-hybridized carbons (Fsp3) is 0.986. The zero-order chi connectivity index (χ0) is 55.5. The molecule has 0 bridgehead atoms. The van der Waals surface area contributed by atoms with Crippen LogP contribution in [0.25, 0.3) is 0 Å². The van der Waals surface area contributed by atoms with Gasteiger partial charge in [-0.1, -0.05) is 425 Å². The molecule has 0 aromatic heterocycles. The highest BCUT2D eigenvalue weighted by Crippen LogP contribution is 2.20. The molecule has 2 atom stereocenters. The number of aliphatic hydroxyl groups is 2. The van der Waals surface area contributed by atoms with Crippen molar-refractivity contribution < 1.29 is 15.0 Å². The molecule has 0 aromatic carbocycles. The third kappa shape index (κ3) is 66.1. The Labute approximate surface area is 486 Å². The number of carbonyl (C=O) groups excluding carboxylic acids is 1. The van der Waals surface area contributed by atoms with E-state index in [1.54, 1.807) is 0 Å². The lowest BCUT2D eigenvalue weighted by atomic mass is 10.0. The molecule has 0 spiro atoms. The van der Waals surface area contributed by atoms with E-state index in [1.165, 1.54) is 392 Å². The van der Waals surface area contributed by atoms with Crippen molar-refractivity contribution in [1.29, 1.82) is 0 Å². The van der Waals surface area contributed by atoms with Crippen LogP contribution in [0.2, 0.25) is 0 Å². The summed E-state index contributed by atoms with van der Waals surface area (Å²) in [5.41, 5.74) is 0. The van der Waals surface area contributed by atoms with Gasteiger partial charge in [-0.3, -0.25) is 4.79 Å². The first kappa shape index (κ1) is 76.4. The third-order valence-electron chi connectivity index (χ3n) is 17.9. The van der Waals surface area contributed by atoms with E-state index in [-0.39, 0.29) is 12.5 Å². The Morgan fingerprint density at radius 2 is 0.416 bits per heavy atom. The monoisotopic (exact) mass is 1090 g/mol. The fourth-order valence-electron chi connectivity index (χ4n) is 12.3. The van der Waals surface area contributed by atoms with Crippen LogP contribution in [0.5, 0.6) is 0 Å². The first-order valence-corrected chi connectivity index (χ1v) is 36.7. The number of nitrogens with one attached hydrogen (secondary N) is 1. The van der Waals surface area contributed by atoms with Crippen LogP contribution in [0, 0.1) is 0 Å². The lowest BCUT2D eigenvalue weighted by Crippen LogP contribution is -2.45. The van der Waals surface area contributed by atoms with Gasteiger partial charge in [-0.05, 0) is 12.8 Å². The van der Waals surface area contributed by atoms with Crippen LogP contribution in [0.1, 0.15) is 444 Å². The van der Waals surface area contributed by atoms with Crippen LogP contribution in [0.3, 0.4) is 0 Å². The largest absolute Gasteiger partial charge is 0.394 e. The lowest BCUT2D eigenvalue weighted by Gasteiger charge is -2.22. The Bertz CT molecular complexity index is 1050. The molecule has 2 unspecified atom stereocenters. The van der Waals surface area contributed by atoms with Gasteiger partial charge in [-0.25, -0.2) is 0 Å². The van der Waals surface area contributed by atoms with Crippen molar-refractivity contribution in [2.75, 3.05) is 6.61 Å². The van der Waals surface area contributed by atoms with E-state index < -0.39 is 12.1 Å². The highest BCUT2D eigenvalue weighted by molar-refractivity contribution is 5.76. The van der Waals surface area contributed by atoms with Gasteiger partial charge in [0.05, 0.1) is 18.8 Å². The lowest BCUT2D eigenvalue weighted by molar-refractivity contribution is -0.123. The summed E-state index contributed by atoms with van der Waals surface area (Å²) in [6, 6.07) is -0.533.